The summed E-state index contributed by atoms with van der Waals surface area (Å²) >= 11 is 0. The molecule has 2 aliphatic rings. The van der Waals surface area contributed by atoms with Gasteiger partial charge in [-0.2, -0.15) is 0 Å². The van der Waals surface area contributed by atoms with Gasteiger partial charge >= 0.3 is 0 Å². The van der Waals surface area contributed by atoms with E-state index in [1.54, 1.807) is 7.11 Å². The van der Waals surface area contributed by atoms with Crippen molar-refractivity contribution in [1.29, 1.82) is 0 Å². The van der Waals surface area contributed by atoms with Crippen LogP contribution in [-0.4, -0.2) is 87.2 Å². The van der Waals surface area contributed by atoms with Gasteiger partial charge in [0, 0.05) is 39.8 Å². The first-order chi connectivity index (χ1) is 13.5. The quantitative estimate of drug-likeness (QED) is 0.721. The van der Waals surface area contributed by atoms with Gasteiger partial charge in [0.1, 0.15) is 0 Å². The Morgan fingerprint density at radius 3 is 2.61 bits per heavy atom. The Morgan fingerprint density at radius 2 is 1.96 bits per heavy atom. The number of likely N-dealkylation sites (N-methyl/N-ethyl adjacent to an activating group) is 2. The minimum Gasteiger partial charge on any atom is -0.383 e. The second-order valence-electron chi connectivity index (χ2n) is 8.75. The van der Waals surface area contributed by atoms with Gasteiger partial charge in [-0.05, 0) is 49.8 Å². The van der Waals surface area contributed by atoms with E-state index in [1.165, 1.54) is 18.5 Å². The number of amides is 1. The average Bonchev–Trinajstić information content (AvgIpc) is 2.73. The third kappa shape index (κ3) is 5.34. The molecule has 3 rings (SSSR count). The lowest BCUT2D eigenvalue weighted by Crippen LogP contribution is -2.53. The van der Waals surface area contributed by atoms with E-state index in [1.807, 2.05) is 7.05 Å². The summed E-state index contributed by atoms with van der Waals surface area (Å²) in [7, 11) is 3.69. The molecule has 2 fully saturated rings. The van der Waals surface area contributed by atoms with Crippen LogP contribution in [0.25, 0.3) is 0 Å². The lowest BCUT2D eigenvalue weighted by molar-refractivity contribution is -0.135. The number of benzene rings is 1. The van der Waals surface area contributed by atoms with Crippen molar-refractivity contribution in [2.45, 2.75) is 32.1 Å². The zero-order valence-electron chi connectivity index (χ0n) is 17.9. The standard InChI is InChI=1S/C23H37N3O2/c1-4-25-17-21(20-8-6-5-7-9-20)16-23(19-25)10-12-26(13-11-23)22(27)18-24(2)14-15-28-3/h5-9,21H,4,10-19H2,1-3H3. The molecule has 2 saturated heterocycles. The van der Waals surface area contributed by atoms with Crippen LogP contribution in [0.3, 0.4) is 0 Å². The third-order valence-corrected chi connectivity index (χ3v) is 6.69. The molecule has 2 aliphatic heterocycles. The van der Waals surface area contributed by atoms with Gasteiger partial charge in [-0.15, -0.1) is 0 Å². The van der Waals surface area contributed by atoms with Gasteiger partial charge in [0.05, 0.1) is 13.2 Å². The van der Waals surface area contributed by atoms with Gasteiger partial charge in [-0.3, -0.25) is 9.69 Å². The molecule has 1 atom stereocenters. The maximum absolute atomic E-state index is 12.7. The molecule has 0 radical (unpaired) electrons. The molecule has 0 aliphatic carbocycles. The van der Waals surface area contributed by atoms with E-state index in [2.05, 4.69) is 52.0 Å². The van der Waals surface area contributed by atoms with E-state index in [0.29, 0.717) is 24.5 Å². The maximum atomic E-state index is 12.7. The summed E-state index contributed by atoms with van der Waals surface area (Å²) in [6.45, 7) is 9.48. The molecule has 0 N–H and O–H groups in total. The van der Waals surface area contributed by atoms with Crippen LogP contribution in [0.4, 0.5) is 0 Å². The van der Waals surface area contributed by atoms with Crippen molar-refractivity contribution in [2.24, 2.45) is 5.41 Å². The Labute approximate surface area is 170 Å². The molecule has 1 amide bonds. The fraction of sp³-hybridized carbons (Fsp3) is 0.696. The molecule has 0 saturated carbocycles. The van der Waals surface area contributed by atoms with Crippen molar-refractivity contribution >= 4 is 5.91 Å². The number of ether oxygens (including phenoxy) is 1. The lowest BCUT2D eigenvalue weighted by atomic mass is 9.68. The second kappa shape index (κ2) is 9.86. The zero-order chi connectivity index (χ0) is 20.0. The molecule has 5 heteroatoms. The minimum atomic E-state index is 0.260. The van der Waals surface area contributed by atoms with Gasteiger partial charge in [-0.1, -0.05) is 37.3 Å². The molecule has 2 heterocycles. The molecular formula is C23H37N3O2. The SMILES string of the molecule is CCN1CC(c2ccccc2)CC2(CCN(C(=O)CN(C)CCOC)CC2)C1. The summed E-state index contributed by atoms with van der Waals surface area (Å²) in [6.07, 6.45) is 3.50. The molecule has 1 aromatic rings. The first-order valence-corrected chi connectivity index (χ1v) is 10.8. The predicted octanol–water partition coefficient (Wildman–Crippen LogP) is 2.68. The van der Waals surface area contributed by atoms with Crippen LogP contribution in [0.5, 0.6) is 0 Å². The number of methoxy groups -OCH3 is 1. The Hall–Kier alpha value is -1.43. The van der Waals surface area contributed by atoms with Crippen LogP contribution in [0, 0.1) is 5.41 Å². The van der Waals surface area contributed by atoms with E-state index >= 15 is 0 Å². The zero-order valence-corrected chi connectivity index (χ0v) is 17.9. The lowest BCUT2D eigenvalue weighted by Gasteiger charge is -2.50. The van der Waals surface area contributed by atoms with E-state index in [0.717, 1.165) is 45.6 Å². The van der Waals surface area contributed by atoms with Crippen molar-refractivity contribution in [3.8, 4) is 0 Å². The van der Waals surface area contributed by atoms with Crippen molar-refractivity contribution in [3.63, 3.8) is 0 Å². The molecule has 28 heavy (non-hydrogen) atoms. The summed E-state index contributed by atoms with van der Waals surface area (Å²) in [6, 6.07) is 11.0. The number of carbonyl (C=O) groups excluding carboxylic acids is 1. The number of carbonyl (C=O) groups is 1. The normalized spacial score (nSPS) is 22.7. The third-order valence-electron chi connectivity index (χ3n) is 6.69. The topological polar surface area (TPSA) is 36.0 Å². The highest BCUT2D eigenvalue weighted by Gasteiger charge is 2.42. The van der Waals surface area contributed by atoms with Crippen LogP contribution >= 0.6 is 0 Å². The molecule has 5 nitrogen and oxygen atoms in total. The number of piperidine rings is 2. The van der Waals surface area contributed by atoms with Gasteiger partial charge < -0.3 is 14.5 Å². The van der Waals surface area contributed by atoms with E-state index in [4.69, 9.17) is 4.74 Å². The van der Waals surface area contributed by atoms with Crippen LogP contribution in [0.15, 0.2) is 30.3 Å². The summed E-state index contributed by atoms with van der Waals surface area (Å²) in [4.78, 5) is 19.4. The highest BCUT2D eigenvalue weighted by Crippen LogP contribution is 2.45. The Kier molecular flexibility index (Phi) is 7.49. The molecule has 1 spiro atoms. The summed E-state index contributed by atoms with van der Waals surface area (Å²) in [5.74, 6) is 0.869. The fourth-order valence-corrected chi connectivity index (χ4v) is 4.94. The summed E-state index contributed by atoms with van der Waals surface area (Å²) in [5, 5.41) is 0. The van der Waals surface area contributed by atoms with E-state index in [9.17, 15) is 4.79 Å². The number of hydrogen-bond acceptors (Lipinski definition) is 4. The fourth-order valence-electron chi connectivity index (χ4n) is 4.94. The highest BCUT2D eigenvalue weighted by atomic mass is 16.5. The van der Waals surface area contributed by atoms with Crippen LogP contribution in [-0.2, 0) is 9.53 Å². The Morgan fingerprint density at radius 1 is 1.25 bits per heavy atom. The van der Waals surface area contributed by atoms with Gasteiger partial charge in [0.2, 0.25) is 5.91 Å². The van der Waals surface area contributed by atoms with Crippen molar-refractivity contribution in [2.75, 3.05) is 66.6 Å². The summed E-state index contributed by atoms with van der Waals surface area (Å²) in [5.41, 5.74) is 1.83. The molecule has 1 aromatic carbocycles. The first-order valence-electron chi connectivity index (χ1n) is 10.8. The molecule has 0 bridgehead atoms. The second-order valence-corrected chi connectivity index (χ2v) is 8.75. The smallest absolute Gasteiger partial charge is 0.236 e. The van der Waals surface area contributed by atoms with Crippen LogP contribution in [0.1, 0.15) is 37.7 Å². The number of rotatable bonds is 7. The van der Waals surface area contributed by atoms with Crippen LogP contribution < -0.4 is 0 Å². The molecular weight excluding hydrogens is 350 g/mol. The number of likely N-dealkylation sites (tertiary alicyclic amines) is 2. The Balaban J connectivity index is 1.59. The summed E-state index contributed by atoms with van der Waals surface area (Å²) < 4.78 is 5.11. The molecule has 156 valence electrons. The van der Waals surface area contributed by atoms with Gasteiger partial charge in [0.25, 0.3) is 0 Å². The highest BCUT2D eigenvalue weighted by molar-refractivity contribution is 5.78. The van der Waals surface area contributed by atoms with Crippen molar-refractivity contribution < 1.29 is 9.53 Å². The van der Waals surface area contributed by atoms with Gasteiger partial charge in [-0.25, -0.2) is 0 Å². The minimum absolute atomic E-state index is 0.260. The van der Waals surface area contributed by atoms with Crippen molar-refractivity contribution in [3.05, 3.63) is 35.9 Å². The van der Waals surface area contributed by atoms with Crippen LogP contribution in [0.2, 0.25) is 0 Å². The Bertz CT molecular complexity index is 614. The molecule has 0 aromatic heterocycles. The van der Waals surface area contributed by atoms with E-state index in [-0.39, 0.29) is 5.91 Å². The maximum Gasteiger partial charge on any atom is 0.236 e. The average molecular weight is 388 g/mol. The van der Waals surface area contributed by atoms with Gasteiger partial charge in [0.15, 0.2) is 0 Å². The monoisotopic (exact) mass is 387 g/mol. The number of nitrogens with zero attached hydrogens (tertiary/aromatic N) is 3. The predicted molar refractivity (Wildman–Crippen MR) is 114 cm³/mol. The largest absolute Gasteiger partial charge is 0.383 e. The number of hydrogen-bond donors (Lipinski definition) is 0. The first kappa shape index (κ1) is 21.3. The van der Waals surface area contributed by atoms with Crippen molar-refractivity contribution in [1.82, 2.24) is 14.7 Å². The molecule has 1 unspecified atom stereocenters. The van der Waals surface area contributed by atoms with E-state index < -0.39 is 0 Å².